The molecular formula is C15H18ClF3N4O3. The Bertz CT molecular complexity index is 717. The van der Waals surface area contributed by atoms with Gasteiger partial charge < -0.3 is 15.5 Å². The molecule has 1 amide bonds. The first-order valence-corrected chi connectivity index (χ1v) is 7.81. The number of carbonyl (C=O) groups excluding carboxylic acids is 1. The molecule has 1 aromatic carbocycles. The SMILES string of the molecule is Cl.NC1(C(=O)N2CCN(c3ccc(C(F)(F)F)cc3[N+](=O)[O-])CC2)CC1. The van der Waals surface area contributed by atoms with Gasteiger partial charge in [-0.2, -0.15) is 13.2 Å². The number of nitrogens with zero attached hydrogens (tertiary/aromatic N) is 3. The number of nitro benzene ring substituents is 1. The van der Waals surface area contributed by atoms with Gasteiger partial charge in [-0.1, -0.05) is 0 Å². The van der Waals surface area contributed by atoms with Gasteiger partial charge in [-0.15, -0.1) is 12.4 Å². The third-order valence-electron chi connectivity index (χ3n) is 4.62. The summed E-state index contributed by atoms with van der Waals surface area (Å²) < 4.78 is 38.3. The van der Waals surface area contributed by atoms with Gasteiger partial charge in [-0.05, 0) is 25.0 Å². The number of halogens is 4. The third-order valence-corrected chi connectivity index (χ3v) is 4.62. The van der Waals surface area contributed by atoms with Crippen molar-refractivity contribution in [2.24, 2.45) is 5.73 Å². The second-order valence-electron chi connectivity index (χ2n) is 6.39. The van der Waals surface area contributed by atoms with Crippen LogP contribution in [0, 0.1) is 10.1 Å². The van der Waals surface area contributed by atoms with E-state index in [-0.39, 0.29) is 24.0 Å². The van der Waals surface area contributed by atoms with Crippen LogP contribution in [0.1, 0.15) is 18.4 Å². The normalized spacial score (nSPS) is 18.9. The maximum Gasteiger partial charge on any atom is 0.416 e. The van der Waals surface area contributed by atoms with Crippen molar-refractivity contribution in [2.75, 3.05) is 31.1 Å². The van der Waals surface area contributed by atoms with E-state index < -0.39 is 27.9 Å². The zero-order chi connectivity index (χ0) is 18.4. The number of amides is 1. The Kier molecular flexibility index (Phi) is 5.39. The van der Waals surface area contributed by atoms with Crippen LogP contribution >= 0.6 is 12.4 Å². The average molecular weight is 395 g/mol. The molecule has 0 radical (unpaired) electrons. The van der Waals surface area contributed by atoms with Crippen LogP contribution in [0.3, 0.4) is 0 Å². The maximum absolute atomic E-state index is 12.8. The van der Waals surface area contributed by atoms with Crippen molar-refractivity contribution in [1.29, 1.82) is 0 Å². The number of rotatable bonds is 3. The first kappa shape index (κ1) is 20.2. The molecule has 7 nitrogen and oxygen atoms in total. The van der Waals surface area contributed by atoms with Gasteiger partial charge in [0.25, 0.3) is 5.69 Å². The van der Waals surface area contributed by atoms with E-state index in [9.17, 15) is 28.1 Å². The monoisotopic (exact) mass is 394 g/mol. The lowest BCUT2D eigenvalue weighted by atomic mass is 10.1. The molecule has 0 bridgehead atoms. The fourth-order valence-corrected chi connectivity index (χ4v) is 2.93. The zero-order valence-electron chi connectivity index (χ0n) is 13.7. The predicted molar refractivity (Wildman–Crippen MR) is 90.3 cm³/mol. The molecule has 1 aliphatic heterocycles. The fraction of sp³-hybridized carbons (Fsp3) is 0.533. The second-order valence-corrected chi connectivity index (χ2v) is 6.39. The standard InChI is InChI=1S/C15H17F3N4O3.ClH/c16-15(17,18)10-1-2-11(12(9-10)22(24)25)20-5-7-21(8-6-20)13(23)14(19)3-4-14;/h1-2,9H,3-8,19H2;1H. The topological polar surface area (TPSA) is 92.7 Å². The van der Waals surface area contributed by atoms with Crippen LogP contribution < -0.4 is 10.6 Å². The summed E-state index contributed by atoms with van der Waals surface area (Å²) in [6.07, 6.45) is -3.35. The quantitative estimate of drug-likeness (QED) is 0.626. The zero-order valence-corrected chi connectivity index (χ0v) is 14.5. The molecule has 11 heteroatoms. The minimum atomic E-state index is -4.64. The van der Waals surface area contributed by atoms with Gasteiger partial charge in [-0.25, -0.2) is 0 Å². The van der Waals surface area contributed by atoms with E-state index in [0.29, 0.717) is 45.1 Å². The van der Waals surface area contributed by atoms with Gasteiger partial charge in [0.15, 0.2) is 0 Å². The first-order valence-electron chi connectivity index (χ1n) is 7.81. The number of hydrogen-bond acceptors (Lipinski definition) is 5. The molecule has 0 unspecified atom stereocenters. The Morgan fingerprint density at radius 2 is 1.77 bits per heavy atom. The molecule has 1 saturated heterocycles. The number of anilines is 1. The molecule has 1 aromatic rings. The molecule has 144 valence electrons. The van der Waals surface area contributed by atoms with Crippen LogP contribution in [0.15, 0.2) is 18.2 Å². The summed E-state index contributed by atoms with van der Waals surface area (Å²) in [5.41, 5.74) is 3.59. The smallest absolute Gasteiger partial charge is 0.362 e. The van der Waals surface area contributed by atoms with Gasteiger partial charge in [0, 0.05) is 32.2 Å². The van der Waals surface area contributed by atoms with Crippen molar-refractivity contribution >= 4 is 29.7 Å². The average Bonchev–Trinajstić information content (AvgIpc) is 3.32. The number of benzene rings is 1. The minimum Gasteiger partial charge on any atom is -0.362 e. The summed E-state index contributed by atoms with van der Waals surface area (Å²) in [7, 11) is 0. The molecule has 3 rings (SSSR count). The molecule has 0 atom stereocenters. The molecule has 0 spiro atoms. The van der Waals surface area contributed by atoms with Gasteiger partial charge >= 0.3 is 6.18 Å². The van der Waals surface area contributed by atoms with E-state index in [1.54, 1.807) is 9.80 Å². The minimum absolute atomic E-state index is 0. The van der Waals surface area contributed by atoms with Crippen LogP contribution in [0.25, 0.3) is 0 Å². The highest BCUT2D eigenvalue weighted by Gasteiger charge is 2.48. The number of nitrogens with two attached hydrogens (primary N) is 1. The molecule has 1 heterocycles. The molecular weight excluding hydrogens is 377 g/mol. The lowest BCUT2D eigenvalue weighted by molar-refractivity contribution is -0.384. The van der Waals surface area contributed by atoms with E-state index in [2.05, 4.69) is 0 Å². The van der Waals surface area contributed by atoms with Gasteiger partial charge in [0.1, 0.15) is 5.69 Å². The largest absolute Gasteiger partial charge is 0.416 e. The predicted octanol–water partition coefficient (Wildman–Crippen LogP) is 2.18. The molecule has 26 heavy (non-hydrogen) atoms. The van der Waals surface area contributed by atoms with Crippen LogP contribution in [-0.4, -0.2) is 47.4 Å². The molecule has 1 aliphatic carbocycles. The van der Waals surface area contributed by atoms with Gasteiger partial charge in [0.05, 0.1) is 16.0 Å². The summed E-state index contributed by atoms with van der Waals surface area (Å²) in [5, 5.41) is 11.2. The number of nitro groups is 1. The van der Waals surface area contributed by atoms with Crippen LogP contribution in [-0.2, 0) is 11.0 Å². The van der Waals surface area contributed by atoms with Crippen molar-refractivity contribution in [3.05, 3.63) is 33.9 Å². The first-order chi connectivity index (χ1) is 11.6. The van der Waals surface area contributed by atoms with Crippen LogP contribution in [0.5, 0.6) is 0 Å². The summed E-state index contributed by atoms with van der Waals surface area (Å²) >= 11 is 0. The van der Waals surface area contributed by atoms with Crippen LogP contribution in [0.4, 0.5) is 24.5 Å². The number of hydrogen-bond donors (Lipinski definition) is 1. The Morgan fingerprint density at radius 3 is 2.23 bits per heavy atom. The summed E-state index contributed by atoms with van der Waals surface area (Å²) in [6, 6.07) is 2.49. The summed E-state index contributed by atoms with van der Waals surface area (Å²) in [4.78, 5) is 25.8. The Hall–Kier alpha value is -2.07. The molecule has 2 fully saturated rings. The van der Waals surface area contributed by atoms with E-state index in [1.165, 1.54) is 0 Å². The number of piperazine rings is 1. The van der Waals surface area contributed by atoms with E-state index >= 15 is 0 Å². The van der Waals surface area contributed by atoms with Gasteiger partial charge in [0.2, 0.25) is 5.91 Å². The summed E-state index contributed by atoms with van der Waals surface area (Å²) in [5.74, 6) is -0.130. The van der Waals surface area contributed by atoms with E-state index in [4.69, 9.17) is 5.73 Å². The lowest BCUT2D eigenvalue weighted by Gasteiger charge is -2.37. The van der Waals surface area contributed by atoms with Gasteiger partial charge in [-0.3, -0.25) is 14.9 Å². The highest BCUT2D eigenvalue weighted by atomic mass is 35.5. The molecule has 2 N–H and O–H groups in total. The third kappa shape index (κ3) is 3.85. The van der Waals surface area contributed by atoms with Crippen LogP contribution in [0.2, 0.25) is 0 Å². The van der Waals surface area contributed by atoms with E-state index in [0.717, 1.165) is 12.1 Å². The van der Waals surface area contributed by atoms with Crippen molar-refractivity contribution in [3.63, 3.8) is 0 Å². The summed E-state index contributed by atoms with van der Waals surface area (Å²) in [6.45, 7) is 1.26. The van der Waals surface area contributed by atoms with Crippen molar-refractivity contribution in [2.45, 2.75) is 24.6 Å². The van der Waals surface area contributed by atoms with Crippen molar-refractivity contribution in [3.8, 4) is 0 Å². The number of carbonyl (C=O) groups is 1. The Labute approximate surface area is 153 Å². The van der Waals surface area contributed by atoms with Crippen molar-refractivity contribution < 1.29 is 22.9 Å². The molecule has 2 aliphatic rings. The maximum atomic E-state index is 12.8. The van der Waals surface area contributed by atoms with Crippen molar-refractivity contribution in [1.82, 2.24) is 4.90 Å². The molecule has 1 saturated carbocycles. The Morgan fingerprint density at radius 1 is 1.19 bits per heavy atom. The highest BCUT2D eigenvalue weighted by Crippen LogP contribution is 2.37. The number of alkyl halides is 3. The second kappa shape index (κ2) is 6.92. The highest BCUT2D eigenvalue weighted by molar-refractivity contribution is 5.89. The fourth-order valence-electron chi connectivity index (χ4n) is 2.93. The van der Waals surface area contributed by atoms with E-state index in [1.807, 2.05) is 0 Å². The molecule has 0 aromatic heterocycles. The lowest BCUT2D eigenvalue weighted by Crippen LogP contribution is -2.54. The Balaban J connectivity index is 0.00000243.